The molecule has 0 saturated carbocycles. The number of hydrogen-bond donors (Lipinski definition) is 0. The summed E-state index contributed by atoms with van der Waals surface area (Å²) < 4.78 is 3.75. The fraction of sp³-hybridized carbons (Fsp3) is 0.107. The summed E-state index contributed by atoms with van der Waals surface area (Å²) in [6.07, 6.45) is 5.40. The molecule has 37 heavy (non-hydrogen) atoms. The predicted molar refractivity (Wildman–Crippen MR) is 147 cm³/mol. The van der Waals surface area contributed by atoms with Crippen LogP contribution >= 0.6 is 11.3 Å². The van der Waals surface area contributed by atoms with Gasteiger partial charge in [0.25, 0.3) is 5.69 Å². The molecule has 0 atom stereocenters. The molecule has 9 heteroatoms. The number of rotatable bonds is 6. The Morgan fingerprint density at radius 1 is 1.03 bits per heavy atom. The second-order valence-corrected chi connectivity index (χ2v) is 9.39. The van der Waals surface area contributed by atoms with Gasteiger partial charge < -0.3 is 4.57 Å². The second-order valence-electron chi connectivity index (χ2n) is 8.55. The monoisotopic (exact) mass is 508 g/mol. The van der Waals surface area contributed by atoms with Crippen LogP contribution in [0.1, 0.15) is 23.6 Å². The van der Waals surface area contributed by atoms with Gasteiger partial charge in [0.15, 0.2) is 0 Å². The molecule has 0 amide bonds. The predicted octanol–water partition coefficient (Wildman–Crippen LogP) is 6.43. The average Bonchev–Trinajstić information content (AvgIpc) is 3.58. The van der Waals surface area contributed by atoms with E-state index >= 15 is 0 Å². The number of aryl methyl sites for hydroxylation is 1. The molecule has 2 aromatic heterocycles. The van der Waals surface area contributed by atoms with Crippen molar-refractivity contribution in [3.05, 3.63) is 122 Å². The summed E-state index contributed by atoms with van der Waals surface area (Å²) in [4.78, 5) is 20.5. The number of thiazole rings is 1. The van der Waals surface area contributed by atoms with Crippen molar-refractivity contribution in [2.45, 2.75) is 20.8 Å². The number of benzene rings is 3. The van der Waals surface area contributed by atoms with Gasteiger partial charge in [-0.2, -0.15) is 5.10 Å². The summed E-state index contributed by atoms with van der Waals surface area (Å²) in [5.74, 6) is 0. The summed E-state index contributed by atoms with van der Waals surface area (Å²) in [6, 6.07) is 20.6. The van der Waals surface area contributed by atoms with Crippen molar-refractivity contribution in [3.8, 4) is 16.9 Å². The first-order chi connectivity index (χ1) is 17.9. The van der Waals surface area contributed by atoms with Crippen LogP contribution in [0.5, 0.6) is 0 Å². The van der Waals surface area contributed by atoms with Crippen LogP contribution in [0.3, 0.4) is 0 Å². The molecule has 184 valence electrons. The van der Waals surface area contributed by atoms with E-state index in [-0.39, 0.29) is 5.69 Å². The summed E-state index contributed by atoms with van der Waals surface area (Å²) >= 11 is 1.47. The lowest BCUT2D eigenvalue weighted by molar-refractivity contribution is -0.384. The van der Waals surface area contributed by atoms with Crippen LogP contribution in [0, 0.1) is 24.0 Å². The maximum Gasteiger partial charge on any atom is 0.269 e. The highest BCUT2D eigenvalue weighted by Gasteiger charge is 2.12. The van der Waals surface area contributed by atoms with Crippen molar-refractivity contribution < 1.29 is 4.92 Å². The number of non-ortho nitro benzene ring substituents is 1. The Morgan fingerprint density at radius 2 is 1.78 bits per heavy atom. The minimum Gasteiger partial charge on any atom is -0.306 e. The molecule has 5 aromatic rings. The summed E-state index contributed by atoms with van der Waals surface area (Å²) in [5.41, 5.74) is 7.60. The summed E-state index contributed by atoms with van der Waals surface area (Å²) in [6.45, 7) is 6.08. The van der Waals surface area contributed by atoms with Gasteiger partial charge in [0.2, 0.25) is 4.80 Å². The lowest BCUT2D eigenvalue weighted by Gasteiger charge is -2.08. The van der Waals surface area contributed by atoms with E-state index in [9.17, 15) is 10.1 Å². The summed E-state index contributed by atoms with van der Waals surface area (Å²) in [5, 5.41) is 18.1. The lowest BCUT2D eigenvalue weighted by atomic mass is 10.1. The van der Waals surface area contributed by atoms with Crippen molar-refractivity contribution in [3.63, 3.8) is 0 Å². The van der Waals surface area contributed by atoms with Gasteiger partial charge in [0.1, 0.15) is 0 Å². The SMILES string of the molecule is CC(=Nn1c(-c2ccc([N+](=O)[O-])cc2)csc1=Nc1cccc(C)c1C)c1ccc(-n2ccnc2)cc1. The van der Waals surface area contributed by atoms with Crippen molar-refractivity contribution in [1.29, 1.82) is 0 Å². The van der Waals surface area contributed by atoms with Crippen LogP contribution in [-0.4, -0.2) is 24.9 Å². The second kappa shape index (κ2) is 10.2. The van der Waals surface area contributed by atoms with Crippen LogP contribution in [0.15, 0.2) is 101 Å². The van der Waals surface area contributed by atoms with E-state index in [1.54, 1.807) is 24.7 Å². The number of nitro groups is 1. The molecule has 0 spiro atoms. The molecule has 0 fully saturated rings. The first-order valence-corrected chi connectivity index (χ1v) is 12.5. The van der Waals surface area contributed by atoms with Crippen LogP contribution in [0.25, 0.3) is 16.9 Å². The lowest BCUT2D eigenvalue weighted by Crippen LogP contribution is -2.14. The van der Waals surface area contributed by atoms with Gasteiger partial charge in [0.05, 0.1) is 28.3 Å². The number of aromatic nitrogens is 3. The van der Waals surface area contributed by atoms with Gasteiger partial charge in [-0.1, -0.05) is 24.3 Å². The van der Waals surface area contributed by atoms with Crippen LogP contribution in [0.4, 0.5) is 11.4 Å². The van der Waals surface area contributed by atoms with Gasteiger partial charge >= 0.3 is 0 Å². The molecule has 0 radical (unpaired) electrons. The Morgan fingerprint density at radius 3 is 2.46 bits per heavy atom. The maximum atomic E-state index is 11.1. The number of nitrogens with zero attached hydrogens (tertiary/aromatic N) is 6. The van der Waals surface area contributed by atoms with E-state index in [4.69, 9.17) is 10.1 Å². The van der Waals surface area contributed by atoms with Gasteiger partial charge in [-0.05, 0) is 67.8 Å². The fourth-order valence-corrected chi connectivity index (χ4v) is 4.72. The molecule has 3 aromatic carbocycles. The molecule has 0 aliphatic heterocycles. The van der Waals surface area contributed by atoms with Crippen molar-refractivity contribution in [1.82, 2.24) is 14.2 Å². The molecule has 0 N–H and O–H groups in total. The standard InChI is InChI=1S/C28H24N6O2S/c1-19-5-4-6-26(20(19)2)30-28-33(27(17-37-28)23-9-13-25(14-10-23)34(35)36)31-21(3)22-7-11-24(12-8-22)32-16-15-29-18-32/h4-18H,1-3H3. The quantitative estimate of drug-likeness (QED) is 0.150. The molecular formula is C28H24N6O2S. The van der Waals surface area contributed by atoms with Gasteiger partial charge in [-0.3, -0.25) is 10.1 Å². The van der Waals surface area contributed by atoms with Crippen molar-refractivity contribution >= 4 is 28.4 Å². The van der Waals surface area contributed by atoms with E-state index in [1.807, 2.05) is 64.1 Å². The van der Waals surface area contributed by atoms with E-state index in [0.717, 1.165) is 45.0 Å². The van der Waals surface area contributed by atoms with E-state index in [2.05, 4.69) is 24.9 Å². The Labute approximate surface area is 217 Å². The number of imidazole rings is 1. The normalized spacial score (nSPS) is 12.2. The Bertz CT molecular complexity index is 1660. The molecule has 0 aliphatic carbocycles. The highest BCUT2D eigenvalue weighted by molar-refractivity contribution is 7.07. The van der Waals surface area contributed by atoms with Gasteiger partial charge in [-0.25, -0.2) is 14.7 Å². The van der Waals surface area contributed by atoms with Gasteiger partial charge in [-0.15, -0.1) is 11.3 Å². The van der Waals surface area contributed by atoms with E-state index in [0.29, 0.717) is 4.80 Å². The minimum absolute atomic E-state index is 0.0449. The fourth-order valence-electron chi connectivity index (χ4n) is 3.88. The van der Waals surface area contributed by atoms with E-state index < -0.39 is 4.92 Å². The van der Waals surface area contributed by atoms with Crippen LogP contribution in [0.2, 0.25) is 0 Å². The van der Waals surface area contributed by atoms with Crippen LogP contribution in [-0.2, 0) is 0 Å². The first kappa shape index (κ1) is 24.1. The third kappa shape index (κ3) is 5.03. The topological polar surface area (TPSA) is 90.6 Å². The molecule has 8 nitrogen and oxygen atoms in total. The highest BCUT2D eigenvalue weighted by Crippen LogP contribution is 2.25. The molecule has 0 unspecified atom stereocenters. The van der Waals surface area contributed by atoms with Gasteiger partial charge in [0, 0.05) is 41.2 Å². The third-order valence-electron chi connectivity index (χ3n) is 6.19. The molecule has 0 bridgehead atoms. The average molecular weight is 509 g/mol. The van der Waals surface area contributed by atoms with Crippen molar-refractivity contribution in [2.24, 2.45) is 10.1 Å². The highest BCUT2D eigenvalue weighted by atomic mass is 32.1. The maximum absolute atomic E-state index is 11.1. The zero-order chi connectivity index (χ0) is 25.9. The molecule has 0 aliphatic rings. The van der Waals surface area contributed by atoms with E-state index in [1.165, 1.54) is 23.5 Å². The number of hydrogen-bond acceptors (Lipinski definition) is 6. The molecule has 5 rings (SSSR count). The van der Waals surface area contributed by atoms with Crippen molar-refractivity contribution in [2.75, 3.05) is 0 Å². The summed E-state index contributed by atoms with van der Waals surface area (Å²) in [7, 11) is 0. The molecule has 2 heterocycles. The number of nitro benzene ring substituents is 1. The molecule has 0 saturated heterocycles. The third-order valence-corrected chi connectivity index (χ3v) is 7.01. The Hall–Kier alpha value is -4.63. The Balaban J connectivity index is 1.62. The smallest absolute Gasteiger partial charge is 0.269 e. The first-order valence-electron chi connectivity index (χ1n) is 11.6. The minimum atomic E-state index is -0.400. The zero-order valence-corrected chi connectivity index (χ0v) is 21.4. The zero-order valence-electron chi connectivity index (χ0n) is 20.6. The molecular weight excluding hydrogens is 484 g/mol. The van der Waals surface area contributed by atoms with Crippen LogP contribution < -0.4 is 4.80 Å². The Kier molecular flexibility index (Phi) is 6.61. The largest absolute Gasteiger partial charge is 0.306 e.